The van der Waals surface area contributed by atoms with E-state index >= 15 is 0 Å². The van der Waals surface area contributed by atoms with E-state index in [-0.39, 0.29) is 12.4 Å². The van der Waals surface area contributed by atoms with Crippen molar-refractivity contribution in [2.75, 3.05) is 6.61 Å². The van der Waals surface area contributed by atoms with Crippen LogP contribution in [0.5, 0.6) is 5.75 Å². The Morgan fingerprint density at radius 3 is 2.69 bits per heavy atom. The van der Waals surface area contributed by atoms with Gasteiger partial charge in [0.2, 0.25) is 0 Å². The quantitative estimate of drug-likeness (QED) is 0.709. The second-order valence-electron chi connectivity index (χ2n) is 3.19. The lowest BCUT2D eigenvalue weighted by molar-refractivity contribution is -0.118. The highest BCUT2D eigenvalue weighted by atomic mass is 16.5. The SMILES string of the molecule is CC(=O)COc1cccc(C)c1C. The average Bonchev–Trinajstić information content (AvgIpc) is 2.07. The number of ether oxygens (including phenoxy) is 1. The highest BCUT2D eigenvalue weighted by Crippen LogP contribution is 2.20. The zero-order chi connectivity index (χ0) is 9.84. The van der Waals surface area contributed by atoms with Crippen molar-refractivity contribution in [1.82, 2.24) is 0 Å². The minimum absolute atomic E-state index is 0.0425. The first-order chi connectivity index (χ1) is 6.11. The molecule has 0 amide bonds. The molecule has 0 spiro atoms. The maximum absolute atomic E-state index is 10.7. The second kappa shape index (κ2) is 4.08. The Labute approximate surface area is 78.5 Å². The van der Waals surface area contributed by atoms with Crippen molar-refractivity contribution in [2.45, 2.75) is 20.8 Å². The molecule has 0 N–H and O–H groups in total. The summed E-state index contributed by atoms with van der Waals surface area (Å²) in [7, 11) is 0. The fourth-order valence-electron chi connectivity index (χ4n) is 1.06. The molecule has 2 heteroatoms. The van der Waals surface area contributed by atoms with E-state index in [0.717, 1.165) is 11.3 Å². The number of aryl methyl sites for hydroxylation is 1. The third-order valence-corrected chi connectivity index (χ3v) is 1.99. The molecule has 1 rings (SSSR count). The smallest absolute Gasteiger partial charge is 0.167 e. The van der Waals surface area contributed by atoms with Gasteiger partial charge in [-0.2, -0.15) is 0 Å². The summed E-state index contributed by atoms with van der Waals surface area (Å²) in [6, 6.07) is 5.83. The van der Waals surface area contributed by atoms with Gasteiger partial charge in [0.25, 0.3) is 0 Å². The number of carbonyl (C=O) groups excluding carboxylic acids is 1. The Bertz CT molecular complexity index is 316. The monoisotopic (exact) mass is 178 g/mol. The molecule has 0 radical (unpaired) electrons. The number of hydrogen-bond acceptors (Lipinski definition) is 2. The average molecular weight is 178 g/mol. The van der Waals surface area contributed by atoms with Gasteiger partial charge < -0.3 is 4.74 Å². The number of benzene rings is 1. The van der Waals surface area contributed by atoms with Gasteiger partial charge in [-0.1, -0.05) is 12.1 Å². The van der Waals surface area contributed by atoms with Crippen molar-refractivity contribution in [3.05, 3.63) is 29.3 Å². The van der Waals surface area contributed by atoms with Crippen LogP contribution < -0.4 is 4.74 Å². The van der Waals surface area contributed by atoms with Crippen LogP contribution in [0.2, 0.25) is 0 Å². The molecule has 0 aliphatic heterocycles. The number of rotatable bonds is 3. The molecule has 1 aromatic rings. The van der Waals surface area contributed by atoms with Gasteiger partial charge in [0.05, 0.1) is 0 Å². The Hall–Kier alpha value is -1.31. The molecule has 0 saturated heterocycles. The number of hydrogen-bond donors (Lipinski definition) is 0. The van der Waals surface area contributed by atoms with Gasteiger partial charge in [-0.15, -0.1) is 0 Å². The zero-order valence-corrected chi connectivity index (χ0v) is 8.26. The molecule has 2 nitrogen and oxygen atoms in total. The highest BCUT2D eigenvalue weighted by Gasteiger charge is 2.02. The maximum Gasteiger partial charge on any atom is 0.167 e. The number of ketones is 1. The van der Waals surface area contributed by atoms with Crippen LogP contribution in [0.15, 0.2) is 18.2 Å². The van der Waals surface area contributed by atoms with Gasteiger partial charge in [0, 0.05) is 0 Å². The Kier molecular flexibility index (Phi) is 3.07. The summed E-state index contributed by atoms with van der Waals surface area (Å²) in [5, 5.41) is 0. The minimum Gasteiger partial charge on any atom is -0.486 e. The molecule has 0 aromatic heterocycles. The summed E-state index contributed by atoms with van der Waals surface area (Å²) < 4.78 is 5.33. The topological polar surface area (TPSA) is 26.3 Å². The normalized spacial score (nSPS) is 9.77. The van der Waals surface area contributed by atoms with Crippen molar-refractivity contribution >= 4 is 5.78 Å². The van der Waals surface area contributed by atoms with Gasteiger partial charge in [-0.05, 0) is 38.0 Å². The molecule has 0 unspecified atom stereocenters. The second-order valence-corrected chi connectivity index (χ2v) is 3.19. The van der Waals surface area contributed by atoms with Crippen LogP contribution in [0.4, 0.5) is 0 Å². The summed E-state index contributed by atoms with van der Waals surface area (Å²) in [6.07, 6.45) is 0. The highest BCUT2D eigenvalue weighted by molar-refractivity contribution is 5.77. The van der Waals surface area contributed by atoms with E-state index in [0.29, 0.717) is 0 Å². The Balaban J connectivity index is 2.77. The first-order valence-electron chi connectivity index (χ1n) is 4.29. The summed E-state index contributed by atoms with van der Waals surface area (Å²) in [6.45, 7) is 5.69. The van der Waals surface area contributed by atoms with E-state index in [4.69, 9.17) is 4.74 Å². The van der Waals surface area contributed by atoms with Crippen molar-refractivity contribution in [3.63, 3.8) is 0 Å². The van der Waals surface area contributed by atoms with E-state index in [1.807, 2.05) is 32.0 Å². The van der Waals surface area contributed by atoms with Crippen LogP contribution in [-0.2, 0) is 4.79 Å². The van der Waals surface area contributed by atoms with Crippen LogP contribution in [-0.4, -0.2) is 12.4 Å². The third-order valence-electron chi connectivity index (χ3n) is 1.99. The fraction of sp³-hybridized carbons (Fsp3) is 0.364. The molecule has 0 heterocycles. The number of carbonyl (C=O) groups is 1. The van der Waals surface area contributed by atoms with Crippen LogP contribution >= 0.6 is 0 Å². The number of Topliss-reactive ketones (excluding diaryl/α,β-unsaturated/α-hetero) is 1. The summed E-state index contributed by atoms with van der Waals surface area (Å²) in [5.74, 6) is 0.844. The lowest BCUT2D eigenvalue weighted by atomic mass is 10.1. The molecule has 0 aliphatic carbocycles. The van der Waals surface area contributed by atoms with E-state index in [1.54, 1.807) is 0 Å². The van der Waals surface area contributed by atoms with Crippen molar-refractivity contribution in [1.29, 1.82) is 0 Å². The predicted molar refractivity (Wildman–Crippen MR) is 52.1 cm³/mol. The first kappa shape index (κ1) is 9.78. The standard InChI is InChI=1S/C11H14O2/c1-8-5-4-6-11(10(8)3)13-7-9(2)12/h4-6H,7H2,1-3H3. The van der Waals surface area contributed by atoms with Gasteiger partial charge in [0.1, 0.15) is 12.4 Å². The van der Waals surface area contributed by atoms with Crippen LogP contribution in [0.25, 0.3) is 0 Å². The molecule has 0 fully saturated rings. The lowest BCUT2D eigenvalue weighted by Crippen LogP contribution is -2.07. The van der Waals surface area contributed by atoms with Gasteiger partial charge >= 0.3 is 0 Å². The summed E-state index contributed by atoms with van der Waals surface area (Å²) in [5.41, 5.74) is 2.28. The van der Waals surface area contributed by atoms with Gasteiger partial charge in [-0.3, -0.25) is 4.79 Å². The summed E-state index contributed by atoms with van der Waals surface area (Å²) >= 11 is 0. The molecular weight excluding hydrogens is 164 g/mol. The van der Waals surface area contributed by atoms with Crippen molar-refractivity contribution in [2.24, 2.45) is 0 Å². The van der Waals surface area contributed by atoms with Gasteiger partial charge in [0.15, 0.2) is 5.78 Å². The molecule has 1 aromatic carbocycles. The molecule has 0 bridgehead atoms. The Morgan fingerprint density at radius 2 is 2.08 bits per heavy atom. The molecule has 0 aliphatic rings. The van der Waals surface area contributed by atoms with E-state index in [2.05, 4.69) is 0 Å². The predicted octanol–water partition coefficient (Wildman–Crippen LogP) is 2.27. The van der Waals surface area contributed by atoms with E-state index in [1.165, 1.54) is 12.5 Å². The molecule has 0 saturated carbocycles. The molecule has 13 heavy (non-hydrogen) atoms. The van der Waals surface area contributed by atoms with Crippen molar-refractivity contribution < 1.29 is 9.53 Å². The van der Waals surface area contributed by atoms with E-state index in [9.17, 15) is 4.79 Å². The molecule has 70 valence electrons. The van der Waals surface area contributed by atoms with Crippen LogP contribution in [0.1, 0.15) is 18.1 Å². The minimum atomic E-state index is 0.0425. The van der Waals surface area contributed by atoms with E-state index < -0.39 is 0 Å². The van der Waals surface area contributed by atoms with Crippen molar-refractivity contribution in [3.8, 4) is 5.75 Å². The lowest BCUT2D eigenvalue weighted by Gasteiger charge is -2.08. The maximum atomic E-state index is 10.7. The largest absolute Gasteiger partial charge is 0.486 e. The Morgan fingerprint density at radius 1 is 1.38 bits per heavy atom. The molecular formula is C11H14O2. The fourth-order valence-corrected chi connectivity index (χ4v) is 1.06. The third kappa shape index (κ3) is 2.58. The summed E-state index contributed by atoms with van der Waals surface area (Å²) in [4.78, 5) is 10.7. The van der Waals surface area contributed by atoms with Gasteiger partial charge in [-0.25, -0.2) is 0 Å². The molecule has 0 atom stereocenters. The first-order valence-corrected chi connectivity index (χ1v) is 4.29. The van der Waals surface area contributed by atoms with Crippen LogP contribution in [0, 0.1) is 13.8 Å². The zero-order valence-electron chi connectivity index (χ0n) is 8.26. The van der Waals surface area contributed by atoms with Crippen LogP contribution in [0.3, 0.4) is 0 Å².